The molecular weight excluding hydrogens is 292 g/mol. The molecule has 4 nitrogen and oxygen atoms in total. The number of hydrogen-bond donors (Lipinski definition) is 0. The van der Waals surface area contributed by atoms with Crippen LogP contribution in [0.1, 0.15) is 65.2 Å². The number of carbonyl (C=O) groups is 2. The van der Waals surface area contributed by atoms with Crippen molar-refractivity contribution in [3.05, 3.63) is 0 Å². The number of amides is 1. The van der Waals surface area contributed by atoms with Gasteiger partial charge in [-0.05, 0) is 32.1 Å². The molecule has 0 aromatic rings. The molecule has 0 bridgehead atoms. The summed E-state index contributed by atoms with van der Waals surface area (Å²) in [6.07, 6.45) is 2.67. The average Bonchev–Trinajstić information content (AvgIpc) is 2.99. The number of hydrogen-bond acceptors (Lipinski definition) is 3. The van der Waals surface area contributed by atoms with Gasteiger partial charge in [0.15, 0.2) is 6.10 Å². The Kier molecular flexibility index (Phi) is 7.76. The van der Waals surface area contributed by atoms with E-state index >= 15 is 0 Å². The lowest BCUT2D eigenvalue weighted by Gasteiger charge is -2.29. The summed E-state index contributed by atoms with van der Waals surface area (Å²) < 4.78 is 33.9. The maximum atomic E-state index is 14.5. The minimum Gasteiger partial charge on any atom is -0.455 e. The summed E-state index contributed by atoms with van der Waals surface area (Å²) in [5, 5.41) is 0. The molecule has 1 amide bonds. The number of unbranched alkanes of at least 4 members (excludes halogenated alkanes) is 2. The minimum atomic E-state index is -3.64. The van der Waals surface area contributed by atoms with Crippen LogP contribution in [0.3, 0.4) is 0 Å². The van der Waals surface area contributed by atoms with Crippen LogP contribution in [0.15, 0.2) is 0 Å². The first-order valence-corrected chi connectivity index (χ1v) is 8.30. The van der Waals surface area contributed by atoms with Crippen LogP contribution in [-0.4, -0.2) is 41.9 Å². The Morgan fingerprint density at radius 2 is 1.77 bits per heavy atom. The molecule has 1 unspecified atom stereocenters. The average molecular weight is 319 g/mol. The summed E-state index contributed by atoms with van der Waals surface area (Å²) in [5.41, 5.74) is 0. The van der Waals surface area contributed by atoms with Gasteiger partial charge in [-0.25, -0.2) is 0 Å². The second-order valence-electron chi connectivity index (χ2n) is 5.85. The van der Waals surface area contributed by atoms with Crippen molar-refractivity contribution < 1.29 is 23.1 Å². The molecule has 0 radical (unpaired) electrons. The van der Waals surface area contributed by atoms with Crippen LogP contribution < -0.4 is 0 Å². The van der Waals surface area contributed by atoms with Crippen molar-refractivity contribution in [2.45, 2.75) is 77.2 Å². The molecule has 0 saturated carbocycles. The fraction of sp³-hybridized carbons (Fsp3) is 0.875. The lowest BCUT2D eigenvalue weighted by Crippen LogP contribution is -2.51. The van der Waals surface area contributed by atoms with Crippen LogP contribution in [0.5, 0.6) is 0 Å². The summed E-state index contributed by atoms with van der Waals surface area (Å²) in [7, 11) is 0. The van der Waals surface area contributed by atoms with Gasteiger partial charge in [-0.2, -0.15) is 8.78 Å². The van der Waals surface area contributed by atoms with Crippen LogP contribution in [0, 0.1) is 0 Å². The molecule has 1 heterocycles. The van der Waals surface area contributed by atoms with E-state index in [2.05, 4.69) is 0 Å². The first-order chi connectivity index (χ1) is 10.4. The molecule has 1 saturated heterocycles. The number of nitrogens with zero attached hydrogens (tertiary/aromatic N) is 1. The van der Waals surface area contributed by atoms with Gasteiger partial charge in [-0.15, -0.1) is 0 Å². The minimum absolute atomic E-state index is 0.0237. The molecule has 6 heteroatoms. The zero-order chi connectivity index (χ0) is 16.6. The van der Waals surface area contributed by atoms with Gasteiger partial charge in [0.25, 0.3) is 5.91 Å². The highest BCUT2D eigenvalue weighted by atomic mass is 19.3. The van der Waals surface area contributed by atoms with E-state index < -0.39 is 23.9 Å². The Hall–Kier alpha value is -1.20. The molecule has 1 fully saturated rings. The highest BCUT2D eigenvalue weighted by Gasteiger charge is 2.51. The monoisotopic (exact) mass is 319 g/mol. The van der Waals surface area contributed by atoms with Crippen molar-refractivity contribution in [3.8, 4) is 0 Å². The standard InChI is InChI=1S/C16H27F2NO3/c1-3-5-6-10-13(22-14(20)9-4-2)16(17,18)15(21)19-11-7-8-12-19/h13H,3-12H2,1-2H3. The van der Waals surface area contributed by atoms with Gasteiger partial charge in [-0.1, -0.05) is 26.7 Å². The molecule has 0 N–H and O–H groups in total. The van der Waals surface area contributed by atoms with Gasteiger partial charge >= 0.3 is 11.9 Å². The van der Waals surface area contributed by atoms with E-state index in [-0.39, 0.29) is 12.8 Å². The third-order valence-electron chi connectivity index (χ3n) is 3.88. The fourth-order valence-corrected chi connectivity index (χ4v) is 2.58. The molecule has 1 atom stereocenters. The molecule has 0 spiro atoms. The van der Waals surface area contributed by atoms with Crippen molar-refractivity contribution in [1.82, 2.24) is 4.90 Å². The van der Waals surface area contributed by atoms with Gasteiger partial charge in [-0.3, -0.25) is 9.59 Å². The highest BCUT2D eigenvalue weighted by molar-refractivity contribution is 5.85. The van der Waals surface area contributed by atoms with Crippen LogP contribution >= 0.6 is 0 Å². The maximum Gasteiger partial charge on any atom is 0.360 e. The number of carbonyl (C=O) groups excluding carboxylic acids is 2. The van der Waals surface area contributed by atoms with E-state index in [1.807, 2.05) is 6.92 Å². The Morgan fingerprint density at radius 1 is 1.14 bits per heavy atom. The van der Waals surface area contributed by atoms with E-state index in [0.29, 0.717) is 25.9 Å². The van der Waals surface area contributed by atoms with E-state index in [9.17, 15) is 18.4 Å². The van der Waals surface area contributed by atoms with Gasteiger partial charge in [0.2, 0.25) is 0 Å². The van der Waals surface area contributed by atoms with Gasteiger partial charge in [0.1, 0.15) is 0 Å². The normalized spacial score (nSPS) is 16.6. The molecule has 0 aromatic carbocycles. The molecular formula is C16H27F2NO3. The Labute approximate surface area is 131 Å². The summed E-state index contributed by atoms with van der Waals surface area (Å²) in [4.78, 5) is 24.8. The van der Waals surface area contributed by atoms with E-state index in [4.69, 9.17) is 4.74 Å². The van der Waals surface area contributed by atoms with Crippen LogP contribution in [0.2, 0.25) is 0 Å². The third kappa shape index (κ3) is 5.21. The Bertz CT molecular complexity index is 368. The number of rotatable bonds is 9. The van der Waals surface area contributed by atoms with Crippen molar-refractivity contribution in [1.29, 1.82) is 0 Å². The lowest BCUT2D eigenvalue weighted by molar-refractivity contribution is -0.188. The van der Waals surface area contributed by atoms with Crippen LogP contribution in [0.25, 0.3) is 0 Å². The summed E-state index contributed by atoms with van der Waals surface area (Å²) in [6, 6.07) is 0. The third-order valence-corrected chi connectivity index (χ3v) is 3.88. The Morgan fingerprint density at radius 3 is 2.32 bits per heavy atom. The quantitative estimate of drug-likeness (QED) is 0.482. The summed E-state index contributed by atoms with van der Waals surface area (Å²) in [6.45, 7) is 4.46. The molecule has 22 heavy (non-hydrogen) atoms. The topological polar surface area (TPSA) is 46.6 Å². The lowest BCUT2D eigenvalue weighted by atomic mass is 10.0. The number of likely N-dealkylation sites (tertiary alicyclic amines) is 1. The molecule has 128 valence electrons. The largest absolute Gasteiger partial charge is 0.455 e. The smallest absolute Gasteiger partial charge is 0.360 e. The number of ether oxygens (including phenoxy) is 1. The van der Waals surface area contributed by atoms with E-state index in [0.717, 1.165) is 25.7 Å². The number of halogens is 2. The van der Waals surface area contributed by atoms with Crippen LogP contribution in [-0.2, 0) is 14.3 Å². The zero-order valence-corrected chi connectivity index (χ0v) is 13.6. The van der Waals surface area contributed by atoms with E-state index in [1.54, 1.807) is 6.92 Å². The zero-order valence-electron chi connectivity index (χ0n) is 13.6. The molecule has 1 aliphatic rings. The molecule has 1 aliphatic heterocycles. The summed E-state index contributed by atoms with van der Waals surface area (Å²) >= 11 is 0. The van der Waals surface area contributed by atoms with Crippen LogP contribution in [0.4, 0.5) is 8.78 Å². The second-order valence-corrected chi connectivity index (χ2v) is 5.85. The fourth-order valence-electron chi connectivity index (χ4n) is 2.58. The predicted octanol–water partition coefficient (Wildman–Crippen LogP) is 3.54. The highest BCUT2D eigenvalue weighted by Crippen LogP contribution is 2.30. The van der Waals surface area contributed by atoms with Gasteiger partial charge in [0.05, 0.1) is 0 Å². The predicted molar refractivity (Wildman–Crippen MR) is 79.7 cm³/mol. The van der Waals surface area contributed by atoms with Crippen molar-refractivity contribution in [3.63, 3.8) is 0 Å². The van der Waals surface area contributed by atoms with Crippen molar-refractivity contribution in [2.24, 2.45) is 0 Å². The maximum absolute atomic E-state index is 14.5. The molecule has 0 aromatic heterocycles. The first-order valence-electron chi connectivity index (χ1n) is 8.30. The Balaban J connectivity index is 2.75. The number of alkyl halides is 2. The van der Waals surface area contributed by atoms with Gasteiger partial charge in [0, 0.05) is 19.5 Å². The van der Waals surface area contributed by atoms with Crippen molar-refractivity contribution in [2.75, 3.05) is 13.1 Å². The SMILES string of the molecule is CCCCCC(OC(=O)CCC)C(F)(F)C(=O)N1CCCC1. The van der Waals surface area contributed by atoms with Crippen molar-refractivity contribution >= 4 is 11.9 Å². The number of esters is 1. The summed E-state index contributed by atoms with van der Waals surface area (Å²) in [5.74, 6) is -5.49. The first kappa shape index (κ1) is 18.8. The molecule has 1 rings (SSSR count). The molecule has 0 aliphatic carbocycles. The second kappa shape index (κ2) is 9.06. The van der Waals surface area contributed by atoms with E-state index in [1.165, 1.54) is 4.90 Å². The van der Waals surface area contributed by atoms with Gasteiger partial charge < -0.3 is 9.64 Å².